The van der Waals surface area contributed by atoms with E-state index in [2.05, 4.69) is 4.98 Å². The fourth-order valence-electron chi connectivity index (χ4n) is 1.46. The highest BCUT2D eigenvalue weighted by atomic mass is 19.1. The van der Waals surface area contributed by atoms with Crippen molar-refractivity contribution in [1.29, 1.82) is 0 Å². The summed E-state index contributed by atoms with van der Waals surface area (Å²) in [6.45, 7) is 0.299. The first-order valence-electron chi connectivity index (χ1n) is 5.06. The van der Waals surface area contributed by atoms with Crippen molar-refractivity contribution < 1.29 is 13.6 Å². The van der Waals surface area contributed by atoms with Gasteiger partial charge >= 0.3 is 0 Å². The number of furan rings is 1. The molecule has 0 unspecified atom stereocenters. The van der Waals surface area contributed by atoms with Crippen molar-refractivity contribution in [3.8, 4) is 0 Å². The van der Waals surface area contributed by atoms with Crippen molar-refractivity contribution in [2.45, 2.75) is 6.54 Å². The Morgan fingerprint density at radius 1 is 1.53 bits per heavy atom. The first kappa shape index (κ1) is 11.3. The average molecular weight is 234 g/mol. The summed E-state index contributed by atoms with van der Waals surface area (Å²) in [5.41, 5.74) is 0.00839. The lowest BCUT2D eigenvalue weighted by atomic mass is 10.2. The van der Waals surface area contributed by atoms with Crippen LogP contribution < -0.4 is 0 Å². The average Bonchev–Trinajstić information content (AvgIpc) is 2.81. The summed E-state index contributed by atoms with van der Waals surface area (Å²) in [5.74, 6) is -0.375. The topological polar surface area (TPSA) is 46.3 Å². The second kappa shape index (κ2) is 4.78. The molecule has 0 spiro atoms. The van der Waals surface area contributed by atoms with Gasteiger partial charge in [0.15, 0.2) is 5.82 Å². The third-order valence-electron chi connectivity index (χ3n) is 2.32. The predicted molar refractivity (Wildman–Crippen MR) is 58.7 cm³/mol. The number of carbonyl (C=O) groups is 1. The summed E-state index contributed by atoms with van der Waals surface area (Å²) in [4.78, 5) is 16.9. The van der Waals surface area contributed by atoms with E-state index in [1.165, 1.54) is 23.4 Å². The van der Waals surface area contributed by atoms with Crippen molar-refractivity contribution in [2.24, 2.45) is 0 Å². The molecule has 0 N–H and O–H groups in total. The van der Waals surface area contributed by atoms with Crippen LogP contribution in [-0.2, 0) is 6.54 Å². The molecule has 2 aromatic heterocycles. The molecule has 2 aromatic rings. The number of rotatable bonds is 3. The van der Waals surface area contributed by atoms with Crippen LogP contribution in [0.3, 0.4) is 0 Å². The van der Waals surface area contributed by atoms with E-state index >= 15 is 0 Å². The van der Waals surface area contributed by atoms with E-state index in [9.17, 15) is 9.18 Å². The minimum Gasteiger partial charge on any atom is -0.467 e. The van der Waals surface area contributed by atoms with Gasteiger partial charge in [0, 0.05) is 13.2 Å². The summed E-state index contributed by atoms with van der Waals surface area (Å²) >= 11 is 0. The maximum absolute atomic E-state index is 13.3. The summed E-state index contributed by atoms with van der Waals surface area (Å²) in [6.07, 6.45) is 3.94. The predicted octanol–water partition coefficient (Wildman–Crippen LogP) is 2.09. The number of pyridine rings is 1. The first-order chi connectivity index (χ1) is 8.18. The lowest BCUT2D eigenvalue weighted by Crippen LogP contribution is -2.26. The third-order valence-corrected chi connectivity index (χ3v) is 2.32. The lowest BCUT2D eigenvalue weighted by molar-refractivity contribution is 0.0770. The maximum atomic E-state index is 13.3. The molecule has 0 radical (unpaired) electrons. The highest BCUT2D eigenvalue weighted by Gasteiger charge is 2.16. The van der Waals surface area contributed by atoms with Gasteiger partial charge in [0.1, 0.15) is 5.76 Å². The molecule has 1 amide bonds. The van der Waals surface area contributed by atoms with E-state index in [1.807, 2.05) is 0 Å². The standard InChI is InChI=1S/C12H11FN2O2/c1-15(8-9-3-2-6-17-9)12(16)10-4-5-14-7-11(10)13/h2-7H,8H2,1H3. The van der Waals surface area contributed by atoms with Gasteiger partial charge < -0.3 is 9.32 Å². The van der Waals surface area contributed by atoms with Crippen LogP contribution in [0.15, 0.2) is 41.3 Å². The zero-order chi connectivity index (χ0) is 12.3. The van der Waals surface area contributed by atoms with E-state index in [4.69, 9.17) is 4.42 Å². The largest absolute Gasteiger partial charge is 0.467 e. The summed E-state index contributed by atoms with van der Waals surface area (Å²) in [5, 5.41) is 0. The zero-order valence-corrected chi connectivity index (χ0v) is 9.26. The Morgan fingerprint density at radius 3 is 3.00 bits per heavy atom. The second-order valence-corrected chi connectivity index (χ2v) is 3.60. The van der Waals surface area contributed by atoms with Crippen LogP contribution in [-0.4, -0.2) is 22.8 Å². The van der Waals surface area contributed by atoms with Crippen LogP contribution in [0.2, 0.25) is 0 Å². The maximum Gasteiger partial charge on any atom is 0.257 e. The van der Waals surface area contributed by atoms with Crippen molar-refractivity contribution >= 4 is 5.91 Å². The van der Waals surface area contributed by atoms with Gasteiger partial charge in [-0.15, -0.1) is 0 Å². The number of carbonyl (C=O) groups excluding carboxylic acids is 1. The Morgan fingerprint density at radius 2 is 2.35 bits per heavy atom. The van der Waals surface area contributed by atoms with Gasteiger partial charge in [-0.1, -0.05) is 0 Å². The Kier molecular flexibility index (Phi) is 3.18. The molecule has 88 valence electrons. The molecule has 0 fully saturated rings. The molecule has 0 aromatic carbocycles. The SMILES string of the molecule is CN(Cc1ccco1)C(=O)c1ccncc1F. The highest BCUT2D eigenvalue weighted by molar-refractivity contribution is 5.94. The van der Waals surface area contributed by atoms with E-state index in [1.54, 1.807) is 19.2 Å². The molecule has 0 bridgehead atoms. The van der Waals surface area contributed by atoms with E-state index in [0.29, 0.717) is 12.3 Å². The molecule has 17 heavy (non-hydrogen) atoms. The van der Waals surface area contributed by atoms with Crippen LogP contribution >= 0.6 is 0 Å². The van der Waals surface area contributed by atoms with E-state index < -0.39 is 11.7 Å². The second-order valence-electron chi connectivity index (χ2n) is 3.60. The molecule has 0 aliphatic rings. The molecule has 0 atom stereocenters. The number of aromatic nitrogens is 1. The van der Waals surface area contributed by atoms with Gasteiger partial charge in [0.05, 0.1) is 24.6 Å². The van der Waals surface area contributed by atoms with Gasteiger partial charge in [0.25, 0.3) is 5.91 Å². The summed E-state index contributed by atoms with van der Waals surface area (Å²) in [7, 11) is 1.59. The van der Waals surface area contributed by atoms with E-state index in [-0.39, 0.29) is 5.56 Å². The quantitative estimate of drug-likeness (QED) is 0.816. The van der Waals surface area contributed by atoms with Gasteiger partial charge in [-0.2, -0.15) is 0 Å². The van der Waals surface area contributed by atoms with Gasteiger partial charge in [-0.25, -0.2) is 4.39 Å². The number of amides is 1. The van der Waals surface area contributed by atoms with Crippen LogP contribution in [0, 0.1) is 5.82 Å². The minimum atomic E-state index is -0.621. The molecule has 2 rings (SSSR count). The van der Waals surface area contributed by atoms with E-state index in [0.717, 1.165) is 6.20 Å². The van der Waals surface area contributed by atoms with Gasteiger partial charge in [0.2, 0.25) is 0 Å². The van der Waals surface area contributed by atoms with Crippen LogP contribution in [0.5, 0.6) is 0 Å². The fraction of sp³-hybridized carbons (Fsp3) is 0.167. The third kappa shape index (κ3) is 2.50. The van der Waals surface area contributed by atoms with Gasteiger partial charge in [-0.3, -0.25) is 9.78 Å². The molecule has 0 aliphatic heterocycles. The Bertz CT molecular complexity index is 511. The Labute approximate surface area is 97.7 Å². The number of hydrogen-bond donors (Lipinski definition) is 0. The molecule has 0 aliphatic carbocycles. The zero-order valence-electron chi connectivity index (χ0n) is 9.26. The summed E-state index contributed by atoms with van der Waals surface area (Å²) < 4.78 is 18.5. The van der Waals surface area contributed by atoms with Crippen molar-refractivity contribution in [2.75, 3.05) is 7.05 Å². The first-order valence-corrected chi connectivity index (χ1v) is 5.06. The molecule has 0 saturated carbocycles. The number of nitrogens with zero attached hydrogens (tertiary/aromatic N) is 2. The Balaban J connectivity index is 2.13. The van der Waals surface area contributed by atoms with Crippen LogP contribution in [0.25, 0.3) is 0 Å². The minimum absolute atomic E-state index is 0.00839. The number of hydrogen-bond acceptors (Lipinski definition) is 3. The molecule has 5 heteroatoms. The summed E-state index contributed by atoms with van der Waals surface area (Å²) in [6, 6.07) is 4.85. The molecule has 2 heterocycles. The van der Waals surface area contributed by atoms with Crippen molar-refractivity contribution in [3.63, 3.8) is 0 Å². The number of halogens is 1. The highest BCUT2D eigenvalue weighted by Crippen LogP contribution is 2.10. The van der Waals surface area contributed by atoms with Crippen LogP contribution in [0.4, 0.5) is 4.39 Å². The molecular weight excluding hydrogens is 223 g/mol. The lowest BCUT2D eigenvalue weighted by Gasteiger charge is -2.15. The molecular formula is C12H11FN2O2. The Hall–Kier alpha value is -2.17. The smallest absolute Gasteiger partial charge is 0.257 e. The van der Waals surface area contributed by atoms with Crippen molar-refractivity contribution in [1.82, 2.24) is 9.88 Å². The molecule has 0 saturated heterocycles. The fourth-order valence-corrected chi connectivity index (χ4v) is 1.46. The van der Waals surface area contributed by atoms with Crippen molar-refractivity contribution in [3.05, 3.63) is 54.0 Å². The monoisotopic (exact) mass is 234 g/mol. The van der Waals surface area contributed by atoms with Gasteiger partial charge in [-0.05, 0) is 18.2 Å². The van der Waals surface area contributed by atoms with Crippen LogP contribution in [0.1, 0.15) is 16.1 Å². The molecule has 4 nitrogen and oxygen atoms in total. The normalized spacial score (nSPS) is 10.2.